The summed E-state index contributed by atoms with van der Waals surface area (Å²) in [6, 6.07) is 7.49. The molecule has 1 aliphatic heterocycles. The van der Waals surface area contributed by atoms with Gasteiger partial charge in [-0.3, -0.25) is 4.79 Å². The van der Waals surface area contributed by atoms with Crippen molar-refractivity contribution < 1.29 is 9.53 Å². The molecule has 0 N–H and O–H groups in total. The van der Waals surface area contributed by atoms with Gasteiger partial charge in [-0.15, -0.1) is 0 Å². The van der Waals surface area contributed by atoms with Gasteiger partial charge >= 0.3 is 0 Å². The molecule has 1 heterocycles. The van der Waals surface area contributed by atoms with Crippen molar-refractivity contribution in [2.45, 2.75) is 13.0 Å². The van der Waals surface area contributed by atoms with Crippen molar-refractivity contribution in [3.05, 3.63) is 29.8 Å². The van der Waals surface area contributed by atoms with Crippen molar-refractivity contribution in [2.24, 2.45) is 5.92 Å². The lowest BCUT2D eigenvalue weighted by Crippen LogP contribution is -2.44. The molecule has 0 fully saturated rings. The van der Waals surface area contributed by atoms with Gasteiger partial charge in [0.05, 0.1) is 5.56 Å². The molecule has 4 heteroatoms. The largest absolute Gasteiger partial charge is 0.488 e. The Labute approximate surface area is 115 Å². The Morgan fingerprint density at radius 1 is 1.37 bits per heavy atom. The number of benzene rings is 1. The second-order valence-corrected chi connectivity index (χ2v) is 5.58. The summed E-state index contributed by atoms with van der Waals surface area (Å²) in [4.78, 5) is 16.2. The molecule has 2 rings (SSSR count). The van der Waals surface area contributed by atoms with E-state index in [2.05, 4.69) is 11.8 Å². The Kier molecular flexibility index (Phi) is 4.10. The van der Waals surface area contributed by atoms with Crippen molar-refractivity contribution in [1.29, 1.82) is 0 Å². The van der Waals surface area contributed by atoms with E-state index in [0.717, 1.165) is 6.54 Å². The van der Waals surface area contributed by atoms with Crippen LogP contribution in [0.4, 0.5) is 0 Å². The van der Waals surface area contributed by atoms with Crippen molar-refractivity contribution in [3.63, 3.8) is 0 Å². The van der Waals surface area contributed by atoms with Gasteiger partial charge in [0.2, 0.25) is 0 Å². The van der Waals surface area contributed by atoms with Gasteiger partial charge in [0.25, 0.3) is 5.91 Å². The van der Waals surface area contributed by atoms with Gasteiger partial charge < -0.3 is 14.5 Å². The van der Waals surface area contributed by atoms with Crippen molar-refractivity contribution in [1.82, 2.24) is 9.80 Å². The monoisotopic (exact) mass is 262 g/mol. The average molecular weight is 262 g/mol. The van der Waals surface area contributed by atoms with Crippen LogP contribution in [0.25, 0.3) is 0 Å². The third kappa shape index (κ3) is 3.07. The maximum Gasteiger partial charge on any atom is 0.257 e. The molecular weight excluding hydrogens is 240 g/mol. The van der Waals surface area contributed by atoms with E-state index in [1.807, 2.05) is 45.4 Å². The van der Waals surface area contributed by atoms with Crippen LogP contribution in [0.1, 0.15) is 17.3 Å². The summed E-state index contributed by atoms with van der Waals surface area (Å²) in [7, 11) is 5.93. The third-order valence-corrected chi connectivity index (χ3v) is 3.48. The Bertz CT molecular complexity index is 459. The molecular formula is C15H22N2O2. The fraction of sp³-hybridized carbons (Fsp3) is 0.533. The van der Waals surface area contributed by atoms with Crippen LogP contribution in [-0.2, 0) is 0 Å². The highest BCUT2D eigenvalue weighted by atomic mass is 16.5. The summed E-state index contributed by atoms with van der Waals surface area (Å²) in [6.45, 7) is 3.69. The number of nitrogens with zero attached hydrogens (tertiary/aromatic N) is 2. The molecule has 0 spiro atoms. The number of fused-ring (bicyclic) bond motifs is 1. The minimum atomic E-state index is 0.0331. The number of rotatable bonds is 2. The van der Waals surface area contributed by atoms with E-state index in [4.69, 9.17) is 4.74 Å². The first kappa shape index (κ1) is 13.9. The van der Waals surface area contributed by atoms with E-state index < -0.39 is 0 Å². The number of ether oxygens (including phenoxy) is 1. The summed E-state index contributed by atoms with van der Waals surface area (Å²) in [5, 5.41) is 0. The fourth-order valence-electron chi connectivity index (χ4n) is 2.44. The lowest BCUT2D eigenvalue weighted by atomic mass is 10.0. The van der Waals surface area contributed by atoms with Crippen LogP contribution in [0.2, 0.25) is 0 Å². The number of amides is 1. The predicted octanol–water partition coefficient (Wildman–Crippen LogP) is 1.72. The van der Waals surface area contributed by atoms with Crippen LogP contribution in [-0.4, -0.2) is 56.0 Å². The first-order valence-corrected chi connectivity index (χ1v) is 6.65. The highest BCUT2D eigenvalue weighted by molar-refractivity contribution is 5.96. The molecule has 1 aromatic carbocycles. The van der Waals surface area contributed by atoms with Gasteiger partial charge in [-0.05, 0) is 26.2 Å². The third-order valence-electron chi connectivity index (χ3n) is 3.48. The molecule has 0 aromatic heterocycles. The summed E-state index contributed by atoms with van der Waals surface area (Å²) < 4.78 is 6.09. The maximum atomic E-state index is 12.3. The van der Waals surface area contributed by atoms with Crippen LogP contribution in [0, 0.1) is 5.92 Å². The highest BCUT2D eigenvalue weighted by Crippen LogP contribution is 2.26. The number of hydrogen-bond acceptors (Lipinski definition) is 3. The molecule has 0 aliphatic carbocycles. The van der Waals surface area contributed by atoms with E-state index >= 15 is 0 Å². The van der Waals surface area contributed by atoms with E-state index in [9.17, 15) is 4.79 Å². The Balaban J connectivity index is 2.34. The molecule has 1 amide bonds. The summed E-state index contributed by atoms with van der Waals surface area (Å²) in [5.41, 5.74) is 0.653. The Morgan fingerprint density at radius 2 is 2.05 bits per heavy atom. The molecule has 1 aliphatic rings. The van der Waals surface area contributed by atoms with Gasteiger partial charge in [0.1, 0.15) is 11.9 Å². The van der Waals surface area contributed by atoms with Crippen molar-refractivity contribution in [3.8, 4) is 5.75 Å². The summed E-state index contributed by atoms with van der Waals surface area (Å²) >= 11 is 0. The molecule has 0 radical (unpaired) electrons. The average Bonchev–Trinajstić information content (AvgIpc) is 2.36. The van der Waals surface area contributed by atoms with Crippen molar-refractivity contribution in [2.75, 3.05) is 34.2 Å². The van der Waals surface area contributed by atoms with E-state index in [1.54, 1.807) is 4.90 Å². The zero-order valence-electron chi connectivity index (χ0n) is 12.1. The molecule has 19 heavy (non-hydrogen) atoms. The molecule has 1 aromatic rings. The van der Waals surface area contributed by atoms with Gasteiger partial charge in [-0.1, -0.05) is 19.1 Å². The minimum absolute atomic E-state index is 0.0331. The van der Waals surface area contributed by atoms with Gasteiger partial charge in [0.15, 0.2) is 0 Å². The number of likely N-dealkylation sites (N-methyl/N-ethyl adjacent to an activating group) is 1. The Morgan fingerprint density at radius 3 is 2.74 bits per heavy atom. The number of carbonyl (C=O) groups excluding carboxylic acids is 1. The van der Waals surface area contributed by atoms with Crippen LogP contribution in [0.15, 0.2) is 24.3 Å². The summed E-state index contributed by atoms with van der Waals surface area (Å²) in [5.74, 6) is 1.02. The first-order chi connectivity index (χ1) is 8.99. The highest BCUT2D eigenvalue weighted by Gasteiger charge is 2.28. The smallest absolute Gasteiger partial charge is 0.257 e. The summed E-state index contributed by atoms with van der Waals surface area (Å²) in [6.07, 6.45) is 0.0895. The lowest BCUT2D eigenvalue weighted by Gasteiger charge is -2.34. The van der Waals surface area contributed by atoms with Crippen LogP contribution in [0.5, 0.6) is 5.75 Å². The molecule has 104 valence electrons. The van der Waals surface area contributed by atoms with Crippen LogP contribution in [0.3, 0.4) is 0 Å². The van der Waals surface area contributed by atoms with E-state index in [1.165, 1.54) is 0 Å². The number of hydrogen-bond donors (Lipinski definition) is 0. The topological polar surface area (TPSA) is 32.8 Å². The maximum absolute atomic E-state index is 12.3. The zero-order chi connectivity index (χ0) is 14.0. The van der Waals surface area contributed by atoms with Crippen molar-refractivity contribution >= 4 is 5.91 Å². The van der Waals surface area contributed by atoms with E-state index in [0.29, 0.717) is 23.8 Å². The molecule has 2 atom stereocenters. The standard InChI is InChI=1S/C15H22N2O2/c1-11-9-17(4)15(18)12-7-5-6-8-13(12)19-14(11)10-16(2)3/h5-8,11,14H,9-10H2,1-4H3/t11-,14+/m0/s1. The lowest BCUT2D eigenvalue weighted by molar-refractivity contribution is 0.0576. The quantitative estimate of drug-likeness (QED) is 0.813. The van der Waals surface area contributed by atoms with Gasteiger partial charge in [-0.25, -0.2) is 0 Å². The molecule has 0 bridgehead atoms. The number of para-hydroxylation sites is 1. The minimum Gasteiger partial charge on any atom is -0.488 e. The SMILES string of the molecule is C[C@H]1CN(C)C(=O)c2ccccc2O[C@@H]1CN(C)C. The molecule has 4 nitrogen and oxygen atoms in total. The predicted molar refractivity (Wildman–Crippen MR) is 75.5 cm³/mol. The van der Waals surface area contributed by atoms with Gasteiger partial charge in [0, 0.05) is 26.1 Å². The first-order valence-electron chi connectivity index (χ1n) is 6.65. The van der Waals surface area contributed by atoms with Gasteiger partial charge in [-0.2, -0.15) is 0 Å². The Hall–Kier alpha value is -1.55. The molecule has 0 saturated carbocycles. The normalized spacial score (nSPS) is 23.6. The van der Waals surface area contributed by atoms with Crippen LogP contribution >= 0.6 is 0 Å². The van der Waals surface area contributed by atoms with Crippen LogP contribution < -0.4 is 4.74 Å². The second kappa shape index (κ2) is 5.61. The number of carbonyl (C=O) groups is 1. The molecule has 0 saturated heterocycles. The second-order valence-electron chi connectivity index (χ2n) is 5.58. The molecule has 0 unspecified atom stereocenters. The zero-order valence-corrected chi connectivity index (χ0v) is 12.1. The van der Waals surface area contributed by atoms with E-state index in [-0.39, 0.29) is 12.0 Å². The fourth-order valence-corrected chi connectivity index (χ4v) is 2.44.